The number of halogens is 3. The van der Waals surface area contributed by atoms with Crippen molar-refractivity contribution in [1.82, 2.24) is 5.32 Å². The van der Waals surface area contributed by atoms with Crippen molar-refractivity contribution in [2.24, 2.45) is 0 Å². The smallest absolute Gasteiger partial charge is 0.406 e. The Morgan fingerprint density at radius 1 is 1.39 bits per heavy atom. The molecule has 0 fully saturated rings. The molecule has 0 saturated carbocycles. The van der Waals surface area contributed by atoms with Crippen molar-refractivity contribution in [1.29, 1.82) is 0 Å². The second kappa shape index (κ2) is 6.89. The van der Waals surface area contributed by atoms with Crippen molar-refractivity contribution in [3.05, 3.63) is 29.8 Å². The van der Waals surface area contributed by atoms with Gasteiger partial charge in [-0.3, -0.25) is 0 Å². The van der Waals surface area contributed by atoms with Crippen LogP contribution in [0, 0.1) is 0 Å². The predicted octanol–water partition coefficient (Wildman–Crippen LogP) is 3.60. The van der Waals surface area contributed by atoms with Crippen LogP contribution in [0.1, 0.15) is 18.5 Å². The van der Waals surface area contributed by atoms with E-state index in [0.717, 1.165) is 17.9 Å². The summed E-state index contributed by atoms with van der Waals surface area (Å²) in [6.07, 6.45) is -2.69. The van der Waals surface area contributed by atoms with E-state index in [-0.39, 0.29) is 11.8 Å². The summed E-state index contributed by atoms with van der Waals surface area (Å²) in [5.41, 5.74) is 0.799. The van der Waals surface area contributed by atoms with E-state index in [2.05, 4.69) is 10.1 Å². The fourth-order valence-electron chi connectivity index (χ4n) is 1.61. The summed E-state index contributed by atoms with van der Waals surface area (Å²) in [5, 5.41) is 3.23. The number of benzene rings is 1. The van der Waals surface area contributed by atoms with Crippen LogP contribution in [0.3, 0.4) is 0 Å². The number of rotatable bonds is 6. The minimum Gasteiger partial charge on any atom is -0.406 e. The molecule has 1 N–H and O–H groups in total. The Balaban J connectivity index is 2.84. The van der Waals surface area contributed by atoms with Gasteiger partial charge in [0, 0.05) is 11.8 Å². The predicted molar refractivity (Wildman–Crippen MR) is 67.9 cm³/mol. The molecule has 1 rings (SSSR count). The van der Waals surface area contributed by atoms with Gasteiger partial charge in [-0.2, -0.15) is 11.8 Å². The van der Waals surface area contributed by atoms with E-state index in [9.17, 15) is 13.2 Å². The molecule has 2 nitrogen and oxygen atoms in total. The number of nitrogens with one attached hydrogen (secondary N) is 1. The third kappa shape index (κ3) is 5.18. The minimum atomic E-state index is -4.65. The maximum Gasteiger partial charge on any atom is 0.573 e. The molecule has 0 aliphatic rings. The van der Waals surface area contributed by atoms with Gasteiger partial charge in [-0.05, 0) is 30.5 Å². The molecule has 0 aliphatic carbocycles. The van der Waals surface area contributed by atoms with E-state index in [4.69, 9.17) is 0 Å². The fraction of sp³-hybridized carbons (Fsp3) is 0.500. The van der Waals surface area contributed by atoms with Crippen LogP contribution in [-0.4, -0.2) is 24.9 Å². The third-order valence-electron chi connectivity index (χ3n) is 2.28. The molecule has 6 heteroatoms. The molecule has 0 spiro atoms. The molecule has 0 aliphatic heterocycles. The van der Waals surface area contributed by atoms with Crippen molar-refractivity contribution in [2.45, 2.75) is 19.3 Å². The molecule has 0 aromatic heterocycles. The van der Waals surface area contributed by atoms with E-state index in [1.165, 1.54) is 12.1 Å². The Kier molecular flexibility index (Phi) is 5.81. The van der Waals surface area contributed by atoms with Gasteiger partial charge in [-0.25, -0.2) is 0 Å². The normalized spacial score (nSPS) is 13.4. The maximum atomic E-state index is 12.1. The average Bonchev–Trinajstić information content (AvgIpc) is 2.27. The highest BCUT2D eigenvalue weighted by molar-refractivity contribution is 7.98. The zero-order valence-electron chi connectivity index (χ0n) is 10.3. The van der Waals surface area contributed by atoms with Crippen LogP contribution < -0.4 is 10.1 Å². The lowest BCUT2D eigenvalue weighted by molar-refractivity contribution is -0.274. The van der Waals surface area contributed by atoms with E-state index in [1.54, 1.807) is 23.9 Å². The molecular formula is C12H16F3NOS. The van der Waals surface area contributed by atoms with Gasteiger partial charge in [0.15, 0.2) is 0 Å². The Bertz CT molecular complexity index is 365. The van der Waals surface area contributed by atoms with E-state index in [0.29, 0.717) is 0 Å². The van der Waals surface area contributed by atoms with Gasteiger partial charge < -0.3 is 10.1 Å². The first-order valence-corrected chi connectivity index (χ1v) is 6.93. The molecule has 0 amide bonds. The third-order valence-corrected chi connectivity index (χ3v) is 2.94. The van der Waals surface area contributed by atoms with Crippen LogP contribution in [0.2, 0.25) is 0 Å². The Morgan fingerprint density at radius 3 is 2.67 bits per heavy atom. The quantitative estimate of drug-likeness (QED) is 0.859. The molecule has 18 heavy (non-hydrogen) atoms. The van der Waals surface area contributed by atoms with Crippen LogP contribution >= 0.6 is 11.8 Å². The second-order valence-electron chi connectivity index (χ2n) is 3.69. The monoisotopic (exact) mass is 279 g/mol. The molecule has 0 radical (unpaired) electrons. The van der Waals surface area contributed by atoms with Crippen molar-refractivity contribution >= 4 is 11.8 Å². The van der Waals surface area contributed by atoms with Crippen molar-refractivity contribution < 1.29 is 17.9 Å². The van der Waals surface area contributed by atoms with Gasteiger partial charge in [-0.15, -0.1) is 13.2 Å². The van der Waals surface area contributed by atoms with Crippen molar-refractivity contribution in [2.75, 3.05) is 18.6 Å². The van der Waals surface area contributed by atoms with Crippen LogP contribution in [0.25, 0.3) is 0 Å². The summed E-state index contributed by atoms with van der Waals surface area (Å²) >= 11 is 1.64. The summed E-state index contributed by atoms with van der Waals surface area (Å²) < 4.78 is 40.3. The molecule has 102 valence electrons. The molecule has 0 saturated heterocycles. The lowest BCUT2D eigenvalue weighted by Gasteiger charge is -2.18. The van der Waals surface area contributed by atoms with Crippen molar-refractivity contribution in [3.8, 4) is 5.75 Å². The molecular weight excluding hydrogens is 263 g/mol. The molecule has 1 atom stereocenters. The van der Waals surface area contributed by atoms with Crippen LogP contribution in [0.4, 0.5) is 13.2 Å². The first-order valence-electron chi connectivity index (χ1n) is 5.54. The number of ether oxygens (including phenoxy) is 1. The second-order valence-corrected chi connectivity index (χ2v) is 4.60. The molecule has 1 unspecified atom stereocenters. The van der Waals surface area contributed by atoms with E-state index < -0.39 is 6.36 Å². The number of thioether (sulfide) groups is 1. The summed E-state index contributed by atoms with van der Waals surface area (Å²) in [4.78, 5) is 0. The summed E-state index contributed by atoms with van der Waals surface area (Å²) in [6.45, 7) is 2.72. The maximum absolute atomic E-state index is 12.1. The van der Waals surface area contributed by atoms with Gasteiger partial charge in [0.25, 0.3) is 0 Å². The summed E-state index contributed by atoms with van der Waals surface area (Å²) in [7, 11) is 0. The Hall–Kier alpha value is -0.880. The van der Waals surface area contributed by atoms with Gasteiger partial charge in [0.2, 0.25) is 0 Å². The first-order chi connectivity index (χ1) is 8.46. The summed E-state index contributed by atoms with van der Waals surface area (Å²) in [5.74, 6) is 0.618. The van der Waals surface area contributed by atoms with Gasteiger partial charge in [-0.1, -0.05) is 19.1 Å². The first kappa shape index (κ1) is 15.2. The van der Waals surface area contributed by atoms with Crippen molar-refractivity contribution in [3.63, 3.8) is 0 Å². The molecule has 1 aromatic rings. The lowest BCUT2D eigenvalue weighted by Crippen LogP contribution is -2.23. The summed E-state index contributed by atoms with van der Waals surface area (Å²) in [6, 6.07) is 6.13. The van der Waals surface area contributed by atoms with Gasteiger partial charge >= 0.3 is 6.36 Å². The van der Waals surface area contributed by atoms with Crippen LogP contribution in [0.5, 0.6) is 5.75 Å². The highest BCUT2D eigenvalue weighted by Gasteiger charge is 2.31. The SMILES string of the molecule is CCNC(CSC)c1cccc(OC(F)(F)F)c1. The Labute approximate surface area is 109 Å². The molecule has 1 aromatic carbocycles. The number of hydrogen-bond donors (Lipinski definition) is 1. The van der Waals surface area contributed by atoms with E-state index in [1.807, 2.05) is 13.2 Å². The lowest BCUT2D eigenvalue weighted by atomic mass is 10.1. The fourth-order valence-corrected chi connectivity index (χ4v) is 2.26. The highest BCUT2D eigenvalue weighted by atomic mass is 32.2. The standard InChI is InChI=1S/C12H16F3NOS/c1-3-16-11(8-18-2)9-5-4-6-10(7-9)17-12(13,14)15/h4-7,11,16H,3,8H2,1-2H3. The number of alkyl halides is 3. The number of hydrogen-bond acceptors (Lipinski definition) is 3. The topological polar surface area (TPSA) is 21.3 Å². The Morgan fingerprint density at radius 2 is 2.11 bits per heavy atom. The zero-order chi connectivity index (χ0) is 13.6. The van der Waals surface area contributed by atoms with E-state index >= 15 is 0 Å². The molecule has 0 bridgehead atoms. The minimum absolute atomic E-state index is 0.0294. The highest BCUT2D eigenvalue weighted by Crippen LogP contribution is 2.26. The average molecular weight is 279 g/mol. The van der Waals surface area contributed by atoms with Gasteiger partial charge in [0.05, 0.1) is 0 Å². The van der Waals surface area contributed by atoms with Crippen LogP contribution in [-0.2, 0) is 0 Å². The molecule has 0 heterocycles. The largest absolute Gasteiger partial charge is 0.573 e. The van der Waals surface area contributed by atoms with Crippen LogP contribution in [0.15, 0.2) is 24.3 Å². The zero-order valence-corrected chi connectivity index (χ0v) is 11.1. The van der Waals surface area contributed by atoms with Gasteiger partial charge in [0.1, 0.15) is 5.75 Å².